The minimum atomic E-state index is -0.277. The van der Waals surface area contributed by atoms with Gasteiger partial charge >= 0.3 is 0 Å². The molecule has 1 aromatic carbocycles. The summed E-state index contributed by atoms with van der Waals surface area (Å²) in [5.41, 5.74) is 1.29. The topological polar surface area (TPSA) is 58.4 Å². The first-order chi connectivity index (χ1) is 12.8. The van der Waals surface area contributed by atoms with E-state index in [1.165, 1.54) is 38.5 Å². The van der Waals surface area contributed by atoms with Gasteiger partial charge in [-0.3, -0.25) is 15.0 Å². The fraction of sp³-hybridized carbons (Fsp3) is 0.727. The summed E-state index contributed by atoms with van der Waals surface area (Å²) in [5, 5.41) is 14.9. The number of nitro benzene ring substituents is 1. The predicted molar refractivity (Wildman–Crippen MR) is 109 cm³/mol. The summed E-state index contributed by atoms with van der Waals surface area (Å²) in [6, 6.07) is 9.31. The summed E-state index contributed by atoms with van der Waals surface area (Å²) in [6.07, 6.45) is 8.94. The summed E-state index contributed by atoms with van der Waals surface area (Å²) in [5.74, 6) is 0.842. The molecule has 1 aromatic rings. The molecule has 2 aliphatic heterocycles. The van der Waals surface area contributed by atoms with Gasteiger partial charge in [-0.15, -0.1) is 0 Å². The SMILES string of the molecule is CC(C)(C)[C@H]1CC[C@@H](N2[C@H]3CC[C@@H]2[C@H](Nc2ccccc2[N+](=O)[O-])C3)CC1. The van der Waals surface area contributed by atoms with Crippen molar-refractivity contribution in [3.63, 3.8) is 0 Å². The lowest BCUT2D eigenvalue weighted by Crippen LogP contribution is -2.45. The molecule has 1 aliphatic carbocycles. The second-order valence-corrected chi connectivity index (χ2v) is 9.88. The summed E-state index contributed by atoms with van der Waals surface area (Å²) in [7, 11) is 0. The van der Waals surface area contributed by atoms with Crippen LogP contribution in [0.5, 0.6) is 0 Å². The Kier molecular flexibility index (Phi) is 4.91. The second kappa shape index (κ2) is 7.08. The smallest absolute Gasteiger partial charge is 0.292 e. The van der Waals surface area contributed by atoms with Gasteiger partial charge in [-0.25, -0.2) is 0 Å². The Bertz CT molecular complexity index is 691. The molecule has 5 nitrogen and oxygen atoms in total. The Morgan fingerprint density at radius 2 is 1.70 bits per heavy atom. The first kappa shape index (κ1) is 18.7. The monoisotopic (exact) mass is 371 g/mol. The Balaban J connectivity index is 1.43. The average Bonchev–Trinajstić information content (AvgIpc) is 3.19. The van der Waals surface area contributed by atoms with Crippen molar-refractivity contribution in [2.24, 2.45) is 11.3 Å². The quantitative estimate of drug-likeness (QED) is 0.582. The first-order valence-corrected chi connectivity index (χ1v) is 10.6. The van der Waals surface area contributed by atoms with E-state index in [1.54, 1.807) is 12.1 Å². The molecule has 0 radical (unpaired) electrons. The van der Waals surface area contributed by atoms with Crippen LogP contribution in [0.1, 0.15) is 65.7 Å². The van der Waals surface area contributed by atoms with Crippen LogP contribution >= 0.6 is 0 Å². The summed E-state index contributed by atoms with van der Waals surface area (Å²) >= 11 is 0. The molecule has 148 valence electrons. The zero-order valence-corrected chi connectivity index (χ0v) is 16.9. The van der Waals surface area contributed by atoms with Gasteiger partial charge in [0.25, 0.3) is 5.69 Å². The van der Waals surface area contributed by atoms with Crippen molar-refractivity contribution in [3.8, 4) is 0 Å². The molecule has 1 saturated carbocycles. The molecule has 1 N–H and O–H groups in total. The Labute approximate surface area is 162 Å². The highest BCUT2D eigenvalue weighted by Crippen LogP contribution is 2.46. The van der Waals surface area contributed by atoms with E-state index >= 15 is 0 Å². The molecule has 2 bridgehead atoms. The van der Waals surface area contributed by atoms with Crippen LogP contribution in [0.2, 0.25) is 0 Å². The minimum absolute atomic E-state index is 0.192. The highest BCUT2D eigenvalue weighted by molar-refractivity contribution is 5.62. The molecule has 2 heterocycles. The van der Waals surface area contributed by atoms with Gasteiger partial charge in [-0.2, -0.15) is 0 Å². The fourth-order valence-corrected chi connectivity index (χ4v) is 5.95. The van der Waals surface area contributed by atoms with Crippen molar-refractivity contribution in [2.45, 2.75) is 89.9 Å². The predicted octanol–water partition coefficient (Wildman–Crippen LogP) is 5.22. The van der Waals surface area contributed by atoms with Crippen LogP contribution in [-0.2, 0) is 0 Å². The van der Waals surface area contributed by atoms with E-state index in [0.29, 0.717) is 35.3 Å². The Morgan fingerprint density at radius 1 is 1.04 bits per heavy atom. The second-order valence-electron chi connectivity index (χ2n) is 9.88. The lowest BCUT2D eigenvalue weighted by molar-refractivity contribution is -0.384. The summed E-state index contributed by atoms with van der Waals surface area (Å²) < 4.78 is 0. The maximum atomic E-state index is 11.3. The van der Waals surface area contributed by atoms with Crippen LogP contribution in [0.25, 0.3) is 0 Å². The maximum absolute atomic E-state index is 11.3. The van der Waals surface area contributed by atoms with Crippen LogP contribution < -0.4 is 5.32 Å². The van der Waals surface area contributed by atoms with Crippen molar-refractivity contribution < 1.29 is 4.92 Å². The third kappa shape index (κ3) is 3.58. The molecule has 3 aliphatic rings. The van der Waals surface area contributed by atoms with Gasteiger partial charge < -0.3 is 5.32 Å². The van der Waals surface area contributed by atoms with Crippen LogP contribution in [0.4, 0.5) is 11.4 Å². The zero-order chi connectivity index (χ0) is 19.2. The van der Waals surface area contributed by atoms with E-state index in [2.05, 4.69) is 31.0 Å². The molecule has 0 aromatic heterocycles. The standard InChI is InChI=1S/C22H33N3O2/c1-22(2,3)15-8-10-16(11-9-15)24-17-12-13-20(24)19(14-17)23-18-6-4-5-7-21(18)25(26)27/h4-7,15-17,19-20,23H,8-14H2,1-3H3/t15-,16+,17-,19+,20+/m0/s1. The summed E-state index contributed by atoms with van der Waals surface area (Å²) in [6.45, 7) is 7.14. The molecule has 3 fully saturated rings. The molecule has 2 saturated heterocycles. The molecule has 0 amide bonds. The Hall–Kier alpha value is -1.62. The van der Waals surface area contributed by atoms with E-state index < -0.39 is 0 Å². The number of nitro groups is 1. The molecular weight excluding hydrogens is 338 g/mol. The van der Waals surface area contributed by atoms with Crippen molar-refractivity contribution in [2.75, 3.05) is 5.32 Å². The average molecular weight is 372 g/mol. The molecule has 3 atom stereocenters. The molecule has 5 heteroatoms. The van der Waals surface area contributed by atoms with E-state index in [0.717, 1.165) is 12.3 Å². The normalized spacial score (nSPS) is 34.0. The number of fused-ring (bicyclic) bond motifs is 2. The zero-order valence-electron chi connectivity index (χ0n) is 16.9. The lowest BCUT2D eigenvalue weighted by Gasteiger charge is -2.41. The number of para-hydroxylation sites is 2. The minimum Gasteiger partial charge on any atom is -0.375 e. The molecular formula is C22H33N3O2. The highest BCUT2D eigenvalue weighted by Gasteiger charge is 2.49. The van der Waals surface area contributed by atoms with E-state index in [9.17, 15) is 10.1 Å². The van der Waals surface area contributed by atoms with Gasteiger partial charge in [-0.05, 0) is 62.3 Å². The van der Waals surface area contributed by atoms with Crippen molar-refractivity contribution in [3.05, 3.63) is 34.4 Å². The number of nitrogens with zero attached hydrogens (tertiary/aromatic N) is 2. The van der Waals surface area contributed by atoms with Crippen molar-refractivity contribution in [1.82, 2.24) is 4.90 Å². The van der Waals surface area contributed by atoms with E-state index in [4.69, 9.17) is 0 Å². The maximum Gasteiger partial charge on any atom is 0.292 e. The number of hydrogen-bond acceptors (Lipinski definition) is 4. The van der Waals surface area contributed by atoms with Crippen molar-refractivity contribution >= 4 is 11.4 Å². The van der Waals surface area contributed by atoms with Gasteiger partial charge in [0, 0.05) is 30.2 Å². The van der Waals surface area contributed by atoms with Gasteiger partial charge in [0.15, 0.2) is 0 Å². The van der Waals surface area contributed by atoms with Gasteiger partial charge in [0.05, 0.1) is 4.92 Å². The van der Waals surface area contributed by atoms with Crippen LogP contribution in [-0.4, -0.2) is 34.0 Å². The molecule has 0 unspecified atom stereocenters. The summed E-state index contributed by atoms with van der Waals surface area (Å²) in [4.78, 5) is 13.9. The number of nitrogens with one attached hydrogen (secondary N) is 1. The van der Waals surface area contributed by atoms with Gasteiger partial charge in [0.1, 0.15) is 5.69 Å². The molecule has 4 rings (SSSR count). The van der Waals surface area contributed by atoms with Crippen LogP contribution in [0.3, 0.4) is 0 Å². The number of hydrogen-bond donors (Lipinski definition) is 1. The lowest BCUT2D eigenvalue weighted by atomic mass is 9.71. The first-order valence-electron chi connectivity index (χ1n) is 10.6. The van der Waals surface area contributed by atoms with Crippen molar-refractivity contribution in [1.29, 1.82) is 0 Å². The molecule has 0 spiro atoms. The van der Waals surface area contributed by atoms with Gasteiger partial charge in [0.2, 0.25) is 0 Å². The third-order valence-electron chi connectivity index (χ3n) is 7.38. The van der Waals surface area contributed by atoms with E-state index in [-0.39, 0.29) is 10.6 Å². The number of benzene rings is 1. The van der Waals surface area contributed by atoms with Crippen LogP contribution in [0.15, 0.2) is 24.3 Å². The number of anilines is 1. The third-order valence-corrected chi connectivity index (χ3v) is 7.38. The van der Waals surface area contributed by atoms with E-state index in [1.807, 2.05) is 12.1 Å². The fourth-order valence-electron chi connectivity index (χ4n) is 5.95. The van der Waals surface area contributed by atoms with Gasteiger partial charge in [-0.1, -0.05) is 32.9 Å². The highest BCUT2D eigenvalue weighted by atomic mass is 16.6. The number of rotatable bonds is 4. The Morgan fingerprint density at radius 3 is 2.37 bits per heavy atom. The van der Waals surface area contributed by atoms with Crippen LogP contribution in [0, 0.1) is 21.4 Å². The molecule has 27 heavy (non-hydrogen) atoms. The largest absolute Gasteiger partial charge is 0.375 e.